The van der Waals surface area contributed by atoms with E-state index in [-0.39, 0.29) is 5.82 Å². The summed E-state index contributed by atoms with van der Waals surface area (Å²) in [7, 11) is 0. The number of anilines is 3. The first-order valence-electron chi connectivity index (χ1n) is 7.33. The number of nitrogens with zero attached hydrogens (tertiary/aromatic N) is 3. The Labute approximate surface area is 125 Å². The summed E-state index contributed by atoms with van der Waals surface area (Å²) in [6, 6.07) is 8.60. The molecular weight excluding hydrogens is 267 g/mol. The maximum absolute atomic E-state index is 14.0. The fraction of sp³-hybridized carbons (Fsp3) is 0.375. The molecule has 1 aromatic carbocycles. The third-order valence-electron chi connectivity index (χ3n) is 3.17. The number of hydrogen-bond acceptors (Lipinski definition) is 4. The average Bonchev–Trinajstić information content (AvgIpc) is 2.50. The molecule has 2 rings (SSSR count). The molecule has 0 aliphatic rings. The molecule has 21 heavy (non-hydrogen) atoms. The van der Waals surface area contributed by atoms with Crippen LogP contribution < -0.4 is 10.2 Å². The number of rotatable bonds is 6. The molecule has 0 saturated carbocycles. The van der Waals surface area contributed by atoms with Gasteiger partial charge in [-0.2, -0.15) is 0 Å². The molecule has 0 bridgehead atoms. The highest BCUT2D eigenvalue weighted by Crippen LogP contribution is 2.27. The summed E-state index contributed by atoms with van der Waals surface area (Å²) >= 11 is 0. The van der Waals surface area contributed by atoms with E-state index in [1.807, 2.05) is 37.8 Å². The van der Waals surface area contributed by atoms with Crippen LogP contribution in [0.3, 0.4) is 0 Å². The molecule has 0 unspecified atom stereocenters. The van der Waals surface area contributed by atoms with Crippen molar-refractivity contribution < 1.29 is 4.39 Å². The van der Waals surface area contributed by atoms with Crippen LogP contribution in [0.15, 0.2) is 30.3 Å². The normalized spacial score (nSPS) is 10.5. The van der Waals surface area contributed by atoms with Gasteiger partial charge >= 0.3 is 0 Å². The van der Waals surface area contributed by atoms with Crippen molar-refractivity contribution in [2.45, 2.75) is 27.2 Å². The Morgan fingerprint density at radius 2 is 1.90 bits per heavy atom. The molecule has 0 spiro atoms. The lowest BCUT2D eigenvalue weighted by Crippen LogP contribution is -2.20. The van der Waals surface area contributed by atoms with Gasteiger partial charge in [-0.05, 0) is 26.0 Å². The van der Waals surface area contributed by atoms with Gasteiger partial charge in [0.25, 0.3) is 0 Å². The van der Waals surface area contributed by atoms with E-state index in [2.05, 4.69) is 15.3 Å². The predicted molar refractivity (Wildman–Crippen MR) is 84.7 cm³/mol. The molecule has 1 aromatic heterocycles. The minimum absolute atomic E-state index is 0.249. The molecule has 2 aromatic rings. The smallest absolute Gasteiger partial charge is 0.146 e. The van der Waals surface area contributed by atoms with Crippen LogP contribution in [-0.4, -0.2) is 23.1 Å². The van der Waals surface area contributed by atoms with Gasteiger partial charge in [-0.25, -0.2) is 14.4 Å². The molecular formula is C16H21FN4. The molecule has 0 aliphatic carbocycles. The van der Waals surface area contributed by atoms with Gasteiger partial charge in [0, 0.05) is 25.6 Å². The SMILES string of the molecule is CCNc1cc(N(CC)c2ccccc2F)nc(CC)n1. The van der Waals surface area contributed by atoms with Crippen molar-refractivity contribution in [3.63, 3.8) is 0 Å². The van der Waals surface area contributed by atoms with E-state index < -0.39 is 0 Å². The van der Waals surface area contributed by atoms with Crippen LogP contribution in [0.4, 0.5) is 21.7 Å². The topological polar surface area (TPSA) is 41.0 Å². The first-order chi connectivity index (χ1) is 10.2. The third kappa shape index (κ3) is 3.48. The number of benzene rings is 1. The van der Waals surface area contributed by atoms with E-state index in [4.69, 9.17) is 0 Å². The van der Waals surface area contributed by atoms with Gasteiger partial charge in [0.15, 0.2) is 0 Å². The number of nitrogens with one attached hydrogen (secondary N) is 1. The number of hydrogen-bond donors (Lipinski definition) is 1. The second-order valence-corrected chi connectivity index (χ2v) is 4.61. The van der Waals surface area contributed by atoms with Crippen LogP contribution in [-0.2, 0) is 6.42 Å². The molecule has 4 nitrogen and oxygen atoms in total. The molecule has 5 heteroatoms. The highest BCUT2D eigenvalue weighted by molar-refractivity contribution is 5.63. The van der Waals surface area contributed by atoms with Crippen LogP contribution in [0.2, 0.25) is 0 Å². The highest BCUT2D eigenvalue weighted by Gasteiger charge is 2.14. The van der Waals surface area contributed by atoms with Crippen molar-refractivity contribution >= 4 is 17.3 Å². The van der Waals surface area contributed by atoms with Crippen LogP contribution in [0.25, 0.3) is 0 Å². The van der Waals surface area contributed by atoms with Crippen molar-refractivity contribution in [2.24, 2.45) is 0 Å². The summed E-state index contributed by atoms with van der Waals surface area (Å²) < 4.78 is 14.0. The largest absolute Gasteiger partial charge is 0.370 e. The van der Waals surface area contributed by atoms with Crippen molar-refractivity contribution in [2.75, 3.05) is 23.3 Å². The fourth-order valence-corrected chi connectivity index (χ4v) is 2.18. The zero-order chi connectivity index (χ0) is 15.2. The number of halogens is 1. The van der Waals surface area contributed by atoms with Crippen molar-refractivity contribution in [1.29, 1.82) is 0 Å². The van der Waals surface area contributed by atoms with E-state index in [1.165, 1.54) is 6.07 Å². The maximum atomic E-state index is 14.0. The van der Waals surface area contributed by atoms with Crippen molar-refractivity contribution in [1.82, 2.24) is 9.97 Å². The average molecular weight is 288 g/mol. The summed E-state index contributed by atoms with van der Waals surface area (Å²) in [5.74, 6) is 1.98. The Morgan fingerprint density at radius 1 is 1.14 bits per heavy atom. The number of para-hydroxylation sites is 1. The second-order valence-electron chi connectivity index (χ2n) is 4.61. The lowest BCUT2D eigenvalue weighted by molar-refractivity contribution is 0.625. The van der Waals surface area contributed by atoms with E-state index in [0.717, 1.165) is 24.6 Å². The zero-order valence-corrected chi connectivity index (χ0v) is 12.7. The summed E-state index contributed by atoms with van der Waals surface area (Å²) in [4.78, 5) is 10.8. The molecule has 0 saturated heterocycles. The first-order valence-corrected chi connectivity index (χ1v) is 7.33. The van der Waals surface area contributed by atoms with Gasteiger partial charge in [0.2, 0.25) is 0 Å². The minimum Gasteiger partial charge on any atom is -0.370 e. The summed E-state index contributed by atoms with van der Waals surface area (Å²) in [6.07, 6.45) is 0.737. The minimum atomic E-state index is -0.249. The number of aryl methyl sites for hydroxylation is 1. The van der Waals surface area contributed by atoms with E-state index >= 15 is 0 Å². The van der Waals surface area contributed by atoms with Gasteiger partial charge in [0.1, 0.15) is 23.3 Å². The Hall–Kier alpha value is -2.17. The van der Waals surface area contributed by atoms with Crippen LogP contribution in [0.1, 0.15) is 26.6 Å². The Bertz CT molecular complexity index is 601. The van der Waals surface area contributed by atoms with Crippen LogP contribution in [0, 0.1) is 5.82 Å². The van der Waals surface area contributed by atoms with E-state index in [9.17, 15) is 4.39 Å². The summed E-state index contributed by atoms with van der Waals surface area (Å²) in [5.41, 5.74) is 0.531. The second kappa shape index (κ2) is 7.02. The lowest BCUT2D eigenvalue weighted by Gasteiger charge is -2.23. The molecule has 1 N–H and O–H groups in total. The Morgan fingerprint density at radius 3 is 2.52 bits per heavy atom. The highest BCUT2D eigenvalue weighted by atomic mass is 19.1. The fourth-order valence-electron chi connectivity index (χ4n) is 2.18. The molecule has 0 fully saturated rings. The molecule has 0 atom stereocenters. The van der Waals surface area contributed by atoms with Gasteiger partial charge in [0.05, 0.1) is 5.69 Å². The molecule has 0 amide bonds. The summed E-state index contributed by atoms with van der Waals surface area (Å²) in [5, 5.41) is 3.20. The quantitative estimate of drug-likeness (QED) is 0.878. The van der Waals surface area contributed by atoms with Gasteiger partial charge in [-0.3, -0.25) is 0 Å². The third-order valence-corrected chi connectivity index (χ3v) is 3.17. The molecule has 0 aliphatic heterocycles. The summed E-state index contributed by atoms with van der Waals surface area (Å²) in [6.45, 7) is 7.42. The van der Waals surface area contributed by atoms with Crippen LogP contribution in [0.5, 0.6) is 0 Å². The van der Waals surface area contributed by atoms with Crippen molar-refractivity contribution in [3.8, 4) is 0 Å². The Balaban J connectivity index is 2.46. The first kappa shape index (κ1) is 15.2. The monoisotopic (exact) mass is 288 g/mol. The van der Waals surface area contributed by atoms with Gasteiger partial charge < -0.3 is 10.2 Å². The Kier molecular flexibility index (Phi) is 5.09. The van der Waals surface area contributed by atoms with E-state index in [0.29, 0.717) is 18.1 Å². The van der Waals surface area contributed by atoms with Crippen LogP contribution >= 0.6 is 0 Å². The number of aromatic nitrogens is 2. The molecule has 0 radical (unpaired) electrons. The standard InChI is InChI=1S/C16H21FN4/c1-4-14-19-15(18-5-2)11-16(20-14)21(6-3)13-10-8-7-9-12(13)17/h7-11H,4-6H2,1-3H3,(H,18,19,20). The lowest BCUT2D eigenvalue weighted by atomic mass is 10.2. The van der Waals surface area contributed by atoms with Gasteiger partial charge in [-0.15, -0.1) is 0 Å². The van der Waals surface area contributed by atoms with E-state index in [1.54, 1.807) is 12.1 Å². The molecule has 1 heterocycles. The zero-order valence-electron chi connectivity index (χ0n) is 12.7. The van der Waals surface area contributed by atoms with Crippen molar-refractivity contribution in [3.05, 3.63) is 42.0 Å². The molecule has 112 valence electrons. The van der Waals surface area contributed by atoms with Gasteiger partial charge in [-0.1, -0.05) is 19.1 Å². The predicted octanol–water partition coefficient (Wildman–Crippen LogP) is 3.77. The maximum Gasteiger partial charge on any atom is 0.146 e.